The molecule has 1 fully saturated rings. The summed E-state index contributed by atoms with van der Waals surface area (Å²) in [6.45, 7) is 6.90. The highest BCUT2D eigenvalue weighted by Crippen LogP contribution is 2.49. The molecule has 17 heavy (non-hydrogen) atoms. The molecule has 0 spiro atoms. The zero-order chi connectivity index (χ0) is 12.4. The molecule has 3 nitrogen and oxygen atoms in total. The monoisotopic (exact) mass is 234 g/mol. The first kappa shape index (κ1) is 12.2. The van der Waals surface area contributed by atoms with Crippen molar-refractivity contribution in [1.82, 2.24) is 0 Å². The van der Waals surface area contributed by atoms with E-state index < -0.39 is 0 Å². The van der Waals surface area contributed by atoms with Crippen molar-refractivity contribution >= 4 is 5.69 Å². The van der Waals surface area contributed by atoms with Crippen molar-refractivity contribution in [2.75, 3.05) is 24.5 Å². The summed E-state index contributed by atoms with van der Waals surface area (Å²) in [5.74, 6) is 1.47. The van der Waals surface area contributed by atoms with E-state index >= 15 is 0 Å². The largest absolute Gasteiger partial charge is 0.508 e. The molecular weight excluding hydrogens is 212 g/mol. The fourth-order valence-electron chi connectivity index (χ4n) is 2.52. The summed E-state index contributed by atoms with van der Waals surface area (Å²) >= 11 is 0. The van der Waals surface area contributed by atoms with Crippen LogP contribution in [-0.2, 0) is 0 Å². The van der Waals surface area contributed by atoms with Gasteiger partial charge in [0.05, 0.1) is 0 Å². The lowest BCUT2D eigenvalue weighted by molar-refractivity contribution is 0.467. The Hall–Kier alpha value is -1.22. The van der Waals surface area contributed by atoms with Gasteiger partial charge < -0.3 is 15.7 Å². The lowest BCUT2D eigenvalue weighted by Crippen LogP contribution is -2.21. The first-order valence-corrected chi connectivity index (χ1v) is 6.49. The number of hydrogen-bond acceptors (Lipinski definition) is 3. The molecule has 0 bridgehead atoms. The van der Waals surface area contributed by atoms with E-state index in [2.05, 4.69) is 30.9 Å². The van der Waals surface area contributed by atoms with Gasteiger partial charge in [0, 0.05) is 24.8 Å². The predicted molar refractivity (Wildman–Crippen MR) is 71.6 cm³/mol. The molecular formula is C14H22N2O. The first-order chi connectivity index (χ1) is 8.21. The molecule has 0 radical (unpaired) electrons. The Morgan fingerprint density at radius 2 is 2.06 bits per heavy atom. The van der Waals surface area contributed by atoms with E-state index in [1.165, 1.54) is 0 Å². The van der Waals surface area contributed by atoms with Crippen molar-refractivity contribution in [2.24, 2.45) is 11.7 Å². The highest BCUT2D eigenvalue weighted by Gasteiger charge is 2.38. The summed E-state index contributed by atoms with van der Waals surface area (Å²) in [5, 5.41) is 10.1. The lowest BCUT2D eigenvalue weighted by atomic mass is 10.1. The lowest BCUT2D eigenvalue weighted by Gasteiger charge is -2.21. The molecule has 1 aromatic rings. The summed E-state index contributed by atoms with van der Waals surface area (Å²) in [6, 6.07) is 6.05. The van der Waals surface area contributed by atoms with Crippen molar-refractivity contribution in [1.29, 1.82) is 0 Å². The molecule has 2 rings (SSSR count). The van der Waals surface area contributed by atoms with Crippen molar-refractivity contribution in [3.63, 3.8) is 0 Å². The quantitative estimate of drug-likeness (QED) is 0.822. The molecule has 1 aliphatic carbocycles. The van der Waals surface area contributed by atoms with Crippen LogP contribution in [0.25, 0.3) is 0 Å². The van der Waals surface area contributed by atoms with Crippen molar-refractivity contribution < 1.29 is 5.11 Å². The molecule has 0 unspecified atom stereocenters. The van der Waals surface area contributed by atoms with Crippen LogP contribution in [0.4, 0.5) is 5.69 Å². The molecule has 0 aliphatic heterocycles. The molecule has 1 aromatic carbocycles. The Bertz CT molecular complexity index is 388. The van der Waals surface area contributed by atoms with Gasteiger partial charge in [0.25, 0.3) is 0 Å². The maximum atomic E-state index is 10.1. The van der Waals surface area contributed by atoms with Crippen molar-refractivity contribution in [2.45, 2.75) is 26.2 Å². The van der Waals surface area contributed by atoms with Crippen LogP contribution < -0.4 is 10.6 Å². The highest BCUT2D eigenvalue weighted by atomic mass is 16.3. The third-order valence-corrected chi connectivity index (χ3v) is 3.77. The molecule has 0 heterocycles. The number of hydrogen-bond donors (Lipinski definition) is 2. The summed E-state index contributed by atoms with van der Waals surface area (Å²) < 4.78 is 0. The number of aromatic hydroxyl groups is 1. The zero-order valence-electron chi connectivity index (χ0n) is 10.7. The normalized spacial score (nSPS) is 22.5. The molecule has 3 N–H and O–H groups in total. The van der Waals surface area contributed by atoms with Crippen LogP contribution in [0.1, 0.15) is 31.7 Å². The van der Waals surface area contributed by atoms with E-state index in [1.54, 1.807) is 0 Å². The average molecular weight is 234 g/mol. The van der Waals surface area contributed by atoms with Gasteiger partial charge in [0.15, 0.2) is 0 Å². The van der Waals surface area contributed by atoms with Crippen LogP contribution in [-0.4, -0.2) is 24.7 Å². The highest BCUT2D eigenvalue weighted by molar-refractivity contribution is 5.55. The van der Waals surface area contributed by atoms with E-state index in [4.69, 9.17) is 5.73 Å². The molecule has 0 saturated heterocycles. The smallest absolute Gasteiger partial charge is 0.121 e. The maximum Gasteiger partial charge on any atom is 0.121 e. The van der Waals surface area contributed by atoms with Gasteiger partial charge in [-0.1, -0.05) is 6.07 Å². The molecule has 2 atom stereocenters. The topological polar surface area (TPSA) is 49.5 Å². The molecule has 0 amide bonds. The number of rotatable bonds is 5. The Morgan fingerprint density at radius 1 is 1.35 bits per heavy atom. The minimum Gasteiger partial charge on any atom is -0.508 e. The van der Waals surface area contributed by atoms with Gasteiger partial charge in [0.2, 0.25) is 0 Å². The van der Waals surface area contributed by atoms with Gasteiger partial charge in [-0.25, -0.2) is 0 Å². The van der Waals surface area contributed by atoms with E-state index in [0.29, 0.717) is 17.6 Å². The van der Waals surface area contributed by atoms with Crippen LogP contribution in [0.3, 0.4) is 0 Å². The first-order valence-electron chi connectivity index (χ1n) is 6.49. The van der Waals surface area contributed by atoms with Crippen LogP contribution in [0.2, 0.25) is 0 Å². The molecule has 0 aromatic heterocycles. The van der Waals surface area contributed by atoms with Gasteiger partial charge >= 0.3 is 0 Å². The number of anilines is 1. The third-order valence-electron chi connectivity index (χ3n) is 3.77. The van der Waals surface area contributed by atoms with Gasteiger partial charge in [-0.15, -0.1) is 0 Å². The van der Waals surface area contributed by atoms with E-state index in [9.17, 15) is 5.11 Å². The number of nitrogens with zero attached hydrogens (tertiary/aromatic N) is 1. The van der Waals surface area contributed by atoms with Crippen LogP contribution in [0, 0.1) is 5.92 Å². The van der Waals surface area contributed by atoms with Gasteiger partial charge in [0.1, 0.15) is 5.75 Å². The van der Waals surface area contributed by atoms with E-state index in [0.717, 1.165) is 37.3 Å². The summed E-state index contributed by atoms with van der Waals surface area (Å²) in [5.41, 5.74) is 7.81. The Morgan fingerprint density at radius 3 is 2.53 bits per heavy atom. The fourth-order valence-corrected chi connectivity index (χ4v) is 2.52. The second-order valence-corrected chi connectivity index (χ2v) is 4.75. The van der Waals surface area contributed by atoms with Crippen LogP contribution in [0.15, 0.2) is 18.2 Å². The van der Waals surface area contributed by atoms with Gasteiger partial charge in [-0.2, -0.15) is 0 Å². The molecule has 3 heteroatoms. The van der Waals surface area contributed by atoms with Crippen molar-refractivity contribution in [3.05, 3.63) is 23.8 Å². The van der Waals surface area contributed by atoms with Gasteiger partial charge in [-0.05, 0) is 50.3 Å². The number of phenolic OH excluding ortho intramolecular Hbond substituents is 1. The molecule has 1 saturated carbocycles. The van der Waals surface area contributed by atoms with Gasteiger partial charge in [-0.3, -0.25) is 0 Å². The minimum absolute atomic E-state index is 0.426. The standard InChI is InChI=1S/C14H22N2O/c1-3-16(4-2)11-5-6-12(14(17)8-11)13-7-10(13)9-15/h5-6,8,10,13,17H,3-4,7,9,15H2,1-2H3/t10-,13+/m0/s1. The zero-order valence-corrected chi connectivity index (χ0v) is 10.7. The Labute approximate surface area is 103 Å². The summed E-state index contributed by atoms with van der Waals surface area (Å²) in [4.78, 5) is 2.23. The molecule has 1 aliphatic rings. The van der Waals surface area contributed by atoms with E-state index in [1.807, 2.05) is 6.07 Å². The average Bonchev–Trinajstić information content (AvgIpc) is 3.10. The number of phenols is 1. The Kier molecular flexibility index (Phi) is 3.57. The van der Waals surface area contributed by atoms with Crippen LogP contribution in [0.5, 0.6) is 5.75 Å². The second kappa shape index (κ2) is 4.96. The number of benzene rings is 1. The fraction of sp³-hybridized carbons (Fsp3) is 0.571. The van der Waals surface area contributed by atoms with Crippen LogP contribution >= 0.6 is 0 Å². The molecule has 94 valence electrons. The number of nitrogens with two attached hydrogens (primary N) is 1. The van der Waals surface area contributed by atoms with E-state index in [-0.39, 0.29) is 0 Å². The summed E-state index contributed by atoms with van der Waals surface area (Å²) in [6.07, 6.45) is 1.12. The third kappa shape index (κ3) is 2.39. The summed E-state index contributed by atoms with van der Waals surface area (Å²) in [7, 11) is 0. The Balaban J connectivity index is 2.17. The second-order valence-electron chi connectivity index (χ2n) is 4.75. The SMILES string of the molecule is CCN(CC)c1ccc([C@@H]2C[C@H]2CN)c(O)c1. The predicted octanol–water partition coefficient (Wildman–Crippen LogP) is 2.30. The minimum atomic E-state index is 0.426. The van der Waals surface area contributed by atoms with Crippen molar-refractivity contribution in [3.8, 4) is 5.75 Å². The maximum absolute atomic E-state index is 10.1.